The fraction of sp³-hybridized carbons (Fsp3) is 0.217. The summed E-state index contributed by atoms with van der Waals surface area (Å²) >= 11 is 0. The zero-order chi connectivity index (χ0) is 19.2. The number of nitrogens with zero attached hydrogens (tertiary/aromatic N) is 2. The Morgan fingerprint density at radius 2 is 1.85 bits per heavy atom. The molecule has 1 aromatic heterocycles. The van der Waals surface area contributed by atoms with Crippen LogP contribution < -0.4 is 5.32 Å². The van der Waals surface area contributed by atoms with Crippen LogP contribution in [-0.4, -0.2) is 22.8 Å². The molecular weight excluding hydrogens is 334 g/mol. The minimum absolute atomic E-state index is 0.0458. The van der Waals surface area contributed by atoms with Gasteiger partial charge in [-0.3, -0.25) is 9.78 Å². The fourth-order valence-corrected chi connectivity index (χ4v) is 3.12. The number of benzene rings is 2. The topological polar surface area (TPSA) is 45.2 Å². The lowest BCUT2D eigenvalue weighted by Crippen LogP contribution is -2.26. The van der Waals surface area contributed by atoms with E-state index >= 15 is 0 Å². The summed E-state index contributed by atoms with van der Waals surface area (Å²) in [6.45, 7) is 4.78. The first-order chi connectivity index (χ1) is 13.1. The van der Waals surface area contributed by atoms with Crippen molar-refractivity contribution >= 4 is 17.3 Å². The summed E-state index contributed by atoms with van der Waals surface area (Å²) in [7, 11) is 1.81. The van der Waals surface area contributed by atoms with E-state index < -0.39 is 0 Å². The van der Waals surface area contributed by atoms with E-state index in [1.54, 1.807) is 17.3 Å². The molecule has 0 saturated heterocycles. The number of hydrogen-bond donors (Lipinski definition) is 1. The van der Waals surface area contributed by atoms with Gasteiger partial charge >= 0.3 is 0 Å². The average Bonchev–Trinajstić information content (AvgIpc) is 2.70. The Balaban J connectivity index is 1.78. The van der Waals surface area contributed by atoms with Crippen molar-refractivity contribution in [1.29, 1.82) is 0 Å². The molecule has 0 radical (unpaired) electrons. The van der Waals surface area contributed by atoms with Crippen LogP contribution in [0, 0.1) is 6.92 Å². The number of carbonyl (C=O) groups is 1. The largest absolute Gasteiger partial charge is 0.354 e. The molecule has 2 aromatic carbocycles. The Morgan fingerprint density at radius 1 is 1.07 bits per heavy atom. The third kappa shape index (κ3) is 4.53. The molecule has 138 valence electrons. The summed E-state index contributed by atoms with van der Waals surface area (Å²) in [5, 5.41) is 3.44. The first kappa shape index (κ1) is 18.6. The van der Waals surface area contributed by atoms with Gasteiger partial charge in [0.25, 0.3) is 5.91 Å². The molecule has 0 spiro atoms. The molecule has 4 nitrogen and oxygen atoms in total. The maximum atomic E-state index is 12.8. The lowest BCUT2D eigenvalue weighted by Gasteiger charge is -2.18. The van der Waals surface area contributed by atoms with Crippen LogP contribution in [0.5, 0.6) is 0 Å². The summed E-state index contributed by atoms with van der Waals surface area (Å²) in [5.41, 5.74) is 6.00. The standard InChI is InChI=1S/C23H25N3O/c1-4-19-12-8-9-17(2)22(19)25-21-13-20(14-24-15-21)23(27)26(3)16-18-10-6-5-7-11-18/h5-15,25H,4,16H2,1-3H3. The van der Waals surface area contributed by atoms with E-state index in [0.717, 1.165) is 23.4 Å². The molecular formula is C23H25N3O. The Morgan fingerprint density at radius 3 is 2.59 bits per heavy atom. The van der Waals surface area contributed by atoms with Gasteiger partial charge in [0, 0.05) is 25.5 Å². The number of rotatable bonds is 6. The second-order valence-corrected chi connectivity index (χ2v) is 6.70. The maximum absolute atomic E-state index is 12.8. The Bertz CT molecular complexity index is 922. The van der Waals surface area contributed by atoms with Crippen LogP contribution in [0.15, 0.2) is 67.0 Å². The monoisotopic (exact) mass is 359 g/mol. The summed E-state index contributed by atoms with van der Waals surface area (Å²) < 4.78 is 0. The summed E-state index contributed by atoms with van der Waals surface area (Å²) in [4.78, 5) is 18.8. The molecule has 0 atom stereocenters. The van der Waals surface area contributed by atoms with Crippen molar-refractivity contribution in [1.82, 2.24) is 9.88 Å². The number of carbonyl (C=O) groups excluding carboxylic acids is 1. The quantitative estimate of drug-likeness (QED) is 0.676. The van der Waals surface area contributed by atoms with Crippen LogP contribution in [0.25, 0.3) is 0 Å². The zero-order valence-corrected chi connectivity index (χ0v) is 16.1. The third-order valence-electron chi connectivity index (χ3n) is 4.60. The molecule has 0 aliphatic heterocycles. The van der Waals surface area contributed by atoms with E-state index in [4.69, 9.17) is 0 Å². The average molecular weight is 359 g/mol. The highest BCUT2D eigenvalue weighted by Gasteiger charge is 2.14. The first-order valence-corrected chi connectivity index (χ1v) is 9.18. The number of aromatic nitrogens is 1. The normalized spacial score (nSPS) is 10.5. The molecule has 1 N–H and O–H groups in total. The van der Waals surface area contributed by atoms with E-state index in [1.807, 2.05) is 43.4 Å². The smallest absolute Gasteiger partial charge is 0.255 e. The van der Waals surface area contributed by atoms with Crippen molar-refractivity contribution < 1.29 is 4.79 Å². The van der Waals surface area contributed by atoms with Gasteiger partial charge < -0.3 is 10.2 Å². The van der Waals surface area contributed by atoms with Crippen LogP contribution >= 0.6 is 0 Å². The molecule has 3 aromatic rings. The van der Waals surface area contributed by atoms with Gasteiger partial charge in [-0.2, -0.15) is 0 Å². The zero-order valence-electron chi connectivity index (χ0n) is 16.1. The molecule has 1 amide bonds. The second-order valence-electron chi connectivity index (χ2n) is 6.70. The lowest BCUT2D eigenvalue weighted by atomic mass is 10.1. The van der Waals surface area contributed by atoms with E-state index in [0.29, 0.717) is 12.1 Å². The van der Waals surface area contributed by atoms with Crippen LogP contribution in [0.3, 0.4) is 0 Å². The summed E-state index contributed by atoms with van der Waals surface area (Å²) in [6, 6.07) is 18.1. The van der Waals surface area contributed by atoms with Gasteiger partial charge in [-0.25, -0.2) is 0 Å². The Kier molecular flexibility index (Phi) is 5.87. The molecule has 27 heavy (non-hydrogen) atoms. The highest BCUT2D eigenvalue weighted by Crippen LogP contribution is 2.25. The second kappa shape index (κ2) is 8.49. The van der Waals surface area contributed by atoms with E-state index in [2.05, 4.69) is 42.3 Å². The first-order valence-electron chi connectivity index (χ1n) is 9.18. The molecule has 0 aliphatic carbocycles. The molecule has 3 rings (SSSR count). The maximum Gasteiger partial charge on any atom is 0.255 e. The van der Waals surface area contributed by atoms with Crippen LogP contribution in [0.4, 0.5) is 11.4 Å². The number of nitrogens with one attached hydrogen (secondary N) is 1. The predicted molar refractivity (Wildman–Crippen MR) is 110 cm³/mol. The van der Waals surface area contributed by atoms with Gasteiger partial charge in [-0.05, 0) is 36.1 Å². The van der Waals surface area contributed by atoms with Gasteiger partial charge in [0.05, 0.1) is 17.4 Å². The van der Waals surface area contributed by atoms with E-state index in [1.165, 1.54) is 11.1 Å². The lowest BCUT2D eigenvalue weighted by molar-refractivity contribution is 0.0784. The molecule has 0 saturated carbocycles. The third-order valence-corrected chi connectivity index (χ3v) is 4.60. The number of hydrogen-bond acceptors (Lipinski definition) is 3. The van der Waals surface area contributed by atoms with Gasteiger partial charge in [0.15, 0.2) is 0 Å². The SMILES string of the molecule is CCc1cccc(C)c1Nc1cncc(C(=O)N(C)Cc2ccccc2)c1. The molecule has 0 unspecified atom stereocenters. The van der Waals surface area contributed by atoms with Gasteiger partial charge in [-0.15, -0.1) is 0 Å². The van der Waals surface area contributed by atoms with Crippen LogP contribution in [-0.2, 0) is 13.0 Å². The van der Waals surface area contributed by atoms with E-state index in [-0.39, 0.29) is 5.91 Å². The number of pyridine rings is 1. The number of aryl methyl sites for hydroxylation is 2. The molecule has 0 bridgehead atoms. The number of para-hydroxylation sites is 1. The Labute approximate surface area is 160 Å². The molecule has 4 heteroatoms. The van der Waals surface area contributed by atoms with Crippen molar-refractivity contribution in [2.45, 2.75) is 26.8 Å². The minimum atomic E-state index is -0.0458. The van der Waals surface area contributed by atoms with Gasteiger partial charge in [-0.1, -0.05) is 55.5 Å². The number of amides is 1. The van der Waals surface area contributed by atoms with E-state index in [9.17, 15) is 4.79 Å². The Hall–Kier alpha value is -3.14. The van der Waals surface area contributed by atoms with Crippen molar-refractivity contribution in [3.05, 3.63) is 89.2 Å². The predicted octanol–water partition coefficient (Wildman–Crippen LogP) is 4.97. The summed E-state index contributed by atoms with van der Waals surface area (Å²) in [6.07, 6.45) is 4.31. The van der Waals surface area contributed by atoms with Crippen molar-refractivity contribution in [3.63, 3.8) is 0 Å². The molecule has 1 heterocycles. The van der Waals surface area contributed by atoms with Crippen molar-refractivity contribution in [3.8, 4) is 0 Å². The van der Waals surface area contributed by atoms with Crippen molar-refractivity contribution in [2.75, 3.05) is 12.4 Å². The highest BCUT2D eigenvalue weighted by atomic mass is 16.2. The fourth-order valence-electron chi connectivity index (χ4n) is 3.12. The van der Waals surface area contributed by atoms with Crippen LogP contribution in [0.1, 0.15) is 34.0 Å². The summed E-state index contributed by atoms with van der Waals surface area (Å²) in [5.74, 6) is -0.0458. The van der Waals surface area contributed by atoms with Crippen LogP contribution in [0.2, 0.25) is 0 Å². The minimum Gasteiger partial charge on any atom is -0.354 e. The molecule has 0 fully saturated rings. The van der Waals surface area contributed by atoms with Gasteiger partial charge in [0.2, 0.25) is 0 Å². The van der Waals surface area contributed by atoms with Crippen molar-refractivity contribution in [2.24, 2.45) is 0 Å². The highest BCUT2D eigenvalue weighted by molar-refractivity contribution is 5.94. The number of anilines is 2. The molecule has 0 aliphatic rings. The van der Waals surface area contributed by atoms with Gasteiger partial charge in [0.1, 0.15) is 0 Å².